The van der Waals surface area contributed by atoms with Gasteiger partial charge in [0.1, 0.15) is 0 Å². The third-order valence-corrected chi connectivity index (χ3v) is 3.09. The Balaban J connectivity index is 0.00000162. The van der Waals surface area contributed by atoms with E-state index in [9.17, 15) is 0 Å². The van der Waals surface area contributed by atoms with Crippen molar-refractivity contribution in [3.63, 3.8) is 0 Å². The van der Waals surface area contributed by atoms with E-state index in [-0.39, 0.29) is 23.9 Å². The predicted octanol–water partition coefficient (Wildman–Crippen LogP) is 3.78. The highest BCUT2D eigenvalue weighted by Crippen LogP contribution is 2.31. The topological polar surface area (TPSA) is 41.8 Å². The van der Waals surface area contributed by atoms with Crippen molar-refractivity contribution < 1.29 is 0 Å². The third kappa shape index (κ3) is 2.88. The highest BCUT2D eigenvalue weighted by atomic mass is 35.5. The monoisotopic (exact) mass is 266 g/mol. The van der Waals surface area contributed by atoms with Crippen molar-refractivity contribution >= 4 is 23.3 Å². The lowest BCUT2D eigenvalue weighted by molar-refractivity contribution is 0.562. The van der Waals surface area contributed by atoms with Crippen LogP contribution in [-0.4, -0.2) is 11.0 Å². The molecule has 0 radical (unpaired) electrons. The minimum atomic E-state index is 0. The summed E-state index contributed by atoms with van der Waals surface area (Å²) < 4.78 is 0. The zero-order valence-corrected chi connectivity index (χ0v) is 12.4. The number of nitrogens with two attached hydrogens (primary N) is 1. The molecule has 1 aromatic carbocycles. The fourth-order valence-electron chi connectivity index (χ4n) is 2.37. The number of fused-ring (bicyclic) bond motifs is 1. The number of para-hydroxylation sites is 1. The summed E-state index contributed by atoms with van der Waals surface area (Å²) in [4.78, 5) is 3.55. The molecule has 100 valence electrons. The van der Waals surface area contributed by atoms with E-state index < -0.39 is 0 Å². The molecule has 0 spiro atoms. The van der Waals surface area contributed by atoms with E-state index in [0.717, 1.165) is 6.42 Å². The van der Waals surface area contributed by atoms with Crippen LogP contribution in [0.1, 0.15) is 39.0 Å². The first-order valence-electron chi connectivity index (χ1n) is 6.25. The van der Waals surface area contributed by atoms with Crippen molar-refractivity contribution in [2.75, 3.05) is 0 Å². The van der Waals surface area contributed by atoms with Gasteiger partial charge in [0.05, 0.1) is 0 Å². The maximum Gasteiger partial charge on any atom is 0.0459 e. The molecule has 3 heteroatoms. The van der Waals surface area contributed by atoms with Crippen LogP contribution in [0.4, 0.5) is 0 Å². The molecule has 0 amide bonds. The van der Waals surface area contributed by atoms with Gasteiger partial charge in [0.2, 0.25) is 0 Å². The Hall–Kier alpha value is -0.990. The zero-order valence-electron chi connectivity index (χ0n) is 11.6. The van der Waals surface area contributed by atoms with Crippen LogP contribution in [0.15, 0.2) is 24.3 Å². The molecule has 0 saturated carbocycles. The Morgan fingerprint density at radius 3 is 2.39 bits per heavy atom. The van der Waals surface area contributed by atoms with Gasteiger partial charge in [0.25, 0.3) is 0 Å². The van der Waals surface area contributed by atoms with E-state index >= 15 is 0 Å². The molecular formula is C15H23ClN2. The minimum Gasteiger partial charge on any atom is -0.358 e. The van der Waals surface area contributed by atoms with Gasteiger partial charge in [-0.3, -0.25) is 0 Å². The molecule has 18 heavy (non-hydrogen) atoms. The molecule has 2 aromatic rings. The van der Waals surface area contributed by atoms with Gasteiger partial charge in [-0.2, -0.15) is 0 Å². The number of benzene rings is 1. The van der Waals surface area contributed by atoms with E-state index in [4.69, 9.17) is 5.73 Å². The van der Waals surface area contributed by atoms with Crippen molar-refractivity contribution in [2.45, 2.75) is 45.6 Å². The van der Waals surface area contributed by atoms with Crippen LogP contribution in [0.2, 0.25) is 0 Å². The van der Waals surface area contributed by atoms with Crippen LogP contribution in [-0.2, 0) is 11.8 Å². The summed E-state index contributed by atoms with van der Waals surface area (Å²) in [6, 6.07) is 8.66. The van der Waals surface area contributed by atoms with Gasteiger partial charge in [0, 0.05) is 28.1 Å². The Labute approximate surface area is 115 Å². The van der Waals surface area contributed by atoms with Gasteiger partial charge >= 0.3 is 0 Å². The van der Waals surface area contributed by atoms with Crippen LogP contribution in [0.5, 0.6) is 0 Å². The number of nitrogens with one attached hydrogen (secondary N) is 1. The van der Waals surface area contributed by atoms with Crippen LogP contribution < -0.4 is 5.73 Å². The van der Waals surface area contributed by atoms with Crippen LogP contribution in [0.25, 0.3) is 10.9 Å². The number of hydrogen-bond acceptors (Lipinski definition) is 1. The third-order valence-electron chi connectivity index (χ3n) is 3.09. The Bertz CT molecular complexity index is 521. The number of aromatic amines is 1. The summed E-state index contributed by atoms with van der Waals surface area (Å²) in [5.41, 5.74) is 10.0. The quantitative estimate of drug-likeness (QED) is 0.854. The molecule has 0 aliphatic rings. The van der Waals surface area contributed by atoms with E-state index in [1.54, 1.807) is 0 Å². The van der Waals surface area contributed by atoms with Gasteiger partial charge in [-0.1, -0.05) is 39.0 Å². The normalized spacial score (nSPS) is 13.4. The second kappa shape index (κ2) is 5.33. The molecule has 0 bridgehead atoms. The Kier molecular flexibility index (Phi) is 4.46. The van der Waals surface area contributed by atoms with E-state index in [1.165, 1.54) is 22.2 Å². The van der Waals surface area contributed by atoms with E-state index in [0.29, 0.717) is 0 Å². The zero-order chi connectivity index (χ0) is 12.6. The molecular weight excluding hydrogens is 244 g/mol. The van der Waals surface area contributed by atoms with E-state index in [2.05, 4.69) is 56.9 Å². The molecule has 0 aliphatic heterocycles. The SMILES string of the molecule is CC(N)Cc1c(C(C)(C)C)[nH]c2ccccc12.Cl. The maximum atomic E-state index is 5.97. The molecule has 0 saturated heterocycles. The molecule has 1 aromatic heterocycles. The standard InChI is InChI=1S/C15H22N2.ClH/c1-10(16)9-12-11-7-5-6-8-13(11)17-14(12)15(2,3)4;/h5-8,10,17H,9,16H2,1-4H3;1H. The number of aromatic nitrogens is 1. The molecule has 1 unspecified atom stereocenters. The first-order chi connectivity index (χ1) is 7.89. The fourth-order valence-corrected chi connectivity index (χ4v) is 2.37. The highest BCUT2D eigenvalue weighted by Gasteiger charge is 2.22. The summed E-state index contributed by atoms with van der Waals surface area (Å²) in [5.74, 6) is 0. The molecule has 2 nitrogen and oxygen atoms in total. The molecule has 0 aliphatic carbocycles. The van der Waals surface area contributed by atoms with Crippen molar-refractivity contribution in [1.82, 2.24) is 4.98 Å². The summed E-state index contributed by atoms with van der Waals surface area (Å²) >= 11 is 0. The number of halogens is 1. The average molecular weight is 267 g/mol. The first-order valence-corrected chi connectivity index (χ1v) is 6.25. The van der Waals surface area contributed by atoms with Crippen molar-refractivity contribution in [2.24, 2.45) is 5.73 Å². The molecule has 3 N–H and O–H groups in total. The summed E-state index contributed by atoms with van der Waals surface area (Å²) in [7, 11) is 0. The lowest BCUT2D eigenvalue weighted by atomic mass is 9.87. The van der Waals surface area contributed by atoms with E-state index in [1.807, 2.05) is 0 Å². The second-order valence-electron chi connectivity index (χ2n) is 5.96. The van der Waals surface area contributed by atoms with Gasteiger partial charge < -0.3 is 10.7 Å². The largest absolute Gasteiger partial charge is 0.358 e. The van der Waals surface area contributed by atoms with Gasteiger partial charge in [-0.15, -0.1) is 12.4 Å². The molecule has 2 rings (SSSR count). The molecule has 1 atom stereocenters. The fraction of sp³-hybridized carbons (Fsp3) is 0.467. The molecule has 0 fully saturated rings. The number of H-pyrrole nitrogens is 1. The predicted molar refractivity (Wildman–Crippen MR) is 81.6 cm³/mol. The lowest BCUT2D eigenvalue weighted by Crippen LogP contribution is -2.21. The van der Waals surface area contributed by atoms with Crippen molar-refractivity contribution in [3.8, 4) is 0 Å². The first kappa shape index (κ1) is 15.1. The van der Waals surface area contributed by atoms with Crippen LogP contribution in [0, 0.1) is 0 Å². The summed E-state index contributed by atoms with van der Waals surface area (Å²) in [6.07, 6.45) is 0.927. The van der Waals surface area contributed by atoms with Gasteiger partial charge in [0.15, 0.2) is 0 Å². The van der Waals surface area contributed by atoms with Crippen molar-refractivity contribution in [3.05, 3.63) is 35.5 Å². The highest BCUT2D eigenvalue weighted by molar-refractivity contribution is 5.85. The van der Waals surface area contributed by atoms with Gasteiger partial charge in [-0.05, 0) is 25.0 Å². The molecule has 1 heterocycles. The summed E-state index contributed by atoms with van der Waals surface area (Å²) in [5, 5.41) is 1.31. The second-order valence-corrected chi connectivity index (χ2v) is 5.96. The van der Waals surface area contributed by atoms with Crippen LogP contribution >= 0.6 is 12.4 Å². The number of hydrogen-bond donors (Lipinski definition) is 2. The Morgan fingerprint density at radius 1 is 1.22 bits per heavy atom. The lowest BCUT2D eigenvalue weighted by Gasteiger charge is -2.20. The van der Waals surface area contributed by atoms with Gasteiger partial charge in [-0.25, -0.2) is 0 Å². The minimum absolute atomic E-state index is 0. The van der Waals surface area contributed by atoms with Crippen LogP contribution in [0.3, 0.4) is 0 Å². The number of rotatable bonds is 2. The maximum absolute atomic E-state index is 5.97. The summed E-state index contributed by atoms with van der Waals surface area (Å²) in [6.45, 7) is 8.78. The Morgan fingerprint density at radius 2 is 1.83 bits per heavy atom. The smallest absolute Gasteiger partial charge is 0.0459 e. The average Bonchev–Trinajstić information content (AvgIpc) is 2.56. The van der Waals surface area contributed by atoms with Crippen molar-refractivity contribution in [1.29, 1.82) is 0 Å².